The van der Waals surface area contributed by atoms with Crippen LogP contribution in [0.25, 0.3) is 5.57 Å². The van der Waals surface area contributed by atoms with Crippen LogP contribution in [-0.2, 0) is 11.3 Å². The number of allylic oxidation sites excluding steroid dienone is 7. The van der Waals surface area contributed by atoms with E-state index in [0.29, 0.717) is 52.5 Å². The first-order valence-electron chi connectivity index (χ1n) is 8.55. The summed E-state index contributed by atoms with van der Waals surface area (Å²) in [4.78, 5) is 27.4. The first-order valence-corrected chi connectivity index (χ1v) is 8.55. The van der Waals surface area contributed by atoms with Crippen LogP contribution in [0.4, 0.5) is 0 Å². The first kappa shape index (κ1) is 19.8. The Balaban J connectivity index is 2.63. The quantitative estimate of drug-likeness (QED) is 0.601. The standard InChI is InChI=1S/C21H25NO4/c1-6-8-9-13(3)17-15(7-2)21-18(20(25)19(17)24)14(4)16(26-21)12-22(5)10-11-23/h6-9,23H,2,10-12H2,1,3-5H3. The van der Waals surface area contributed by atoms with E-state index in [9.17, 15) is 9.59 Å². The number of carbonyl (C=O) groups is 2. The number of nitrogens with zero attached hydrogens (tertiary/aromatic N) is 1. The summed E-state index contributed by atoms with van der Waals surface area (Å²) in [6, 6.07) is 0. The molecular weight excluding hydrogens is 330 g/mol. The molecule has 0 aliphatic heterocycles. The second-order valence-corrected chi connectivity index (χ2v) is 6.34. The Labute approximate surface area is 154 Å². The van der Waals surface area contributed by atoms with E-state index in [1.54, 1.807) is 26.0 Å². The lowest BCUT2D eigenvalue weighted by Crippen LogP contribution is -2.24. The minimum absolute atomic E-state index is 0.0320. The van der Waals surface area contributed by atoms with Crippen LogP contribution in [0.3, 0.4) is 0 Å². The molecule has 0 saturated heterocycles. The van der Waals surface area contributed by atoms with Crippen molar-refractivity contribution in [3.63, 3.8) is 0 Å². The molecule has 0 saturated carbocycles. The molecule has 1 aliphatic carbocycles. The molecule has 0 amide bonds. The Kier molecular flexibility index (Phi) is 6.29. The molecule has 1 aromatic heterocycles. The van der Waals surface area contributed by atoms with Crippen molar-refractivity contribution in [3.8, 4) is 0 Å². The van der Waals surface area contributed by atoms with Crippen molar-refractivity contribution < 1.29 is 19.1 Å². The van der Waals surface area contributed by atoms with E-state index in [2.05, 4.69) is 6.58 Å². The van der Waals surface area contributed by atoms with Gasteiger partial charge in [0.15, 0.2) is 0 Å². The van der Waals surface area contributed by atoms with Crippen molar-refractivity contribution in [2.24, 2.45) is 0 Å². The van der Waals surface area contributed by atoms with E-state index in [1.807, 2.05) is 31.0 Å². The van der Waals surface area contributed by atoms with Crippen LogP contribution >= 0.6 is 0 Å². The van der Waals surface area contributed by atoms with Crippen LogP contribution in [0.1, 0.15) is 41.3 Å². The predicted octanol–water partition coefficient (Wildman–Crippen LogP) is 3.24. The number of likely N-dealkylation sites (N-methyl/N-ethyl adjacent to an activating group) is 1. The number of Topliss-reactive ketones (excluding diaryl/α,β-unsaturated/α-hetero) is 2. The molecule has 0 atom stereocenters. The number of hydrogen-bond acceptors (Lipinski definition) is 5. The molecule has 1 heterocycles. The number of fused-ring (bicyclic) bond motifs is 1. The maximum Gasteiger partial charge on any atom is 0.237 e. The Hall–Kier alpha value is -2.50. The molecule has 1 aliphatic rings. The number of carbonyl (C=O) groups excluding carboxylic acids is 2. The van der Waals surface area contributed by atoms with Gasteiger partial charge in [-0.3, -0.25) is 14.5 Å². The zero-order valence-corrected chi connectivity index (χ0v) is 15.8. The average Bonchev–Trinajstić information content (AvgIpc) is 2.92. The van der Waals surface area contributed by atoms with Crippen molar-refractivity contribution in [1.29, 1.82) is 0 Å². The SMILES string of the molecule is C=CC1=C(C(C)=CC=CC)C(=O)C(=O)c2c1oc(CN(C)CCO)c2C. The zero-order chi connectivity index (χ0) is 19.4. The molecule has 138 valence electrons. The van der Waals surface area contributed by atoms with Crippen LogP contribution < -0.4 is 0 Å². The van der Waals surface area contributed by atoms with Gasteiger partial charge < -0.3 is 9.52 Å². The van der Waals surface area contributed by atoms with E-state index in [4.69, 9.17) is 9.52 Å². The summed E-state index contributed by atoms with van der Waals surface area (Å²) in [5, 5.41) is 9.07. The highest BCUT2D eigenvalue weighted by Crippen LogP contribution is 2.38. The van der Waals surface area contributed by atoms with Gasteiger partial charge in [-0.2, -0.15) is 0 Å². The summed E-state index contributed by atoms with van der Waals surface area (Å²) < 4.78 is 5.99. The normalized spacial score (nSPS) is 15.4. The minimum Gasteiger partial charge on any atom is -0.459 e. The van der Waals surface area contributed by atoms with Crippen molar-refractivity contribution in [3.05, 3.63) is 64.7 Å². The van der Waals surface area contributed by atoms with Gasteiger partial charge in [0.25, 0.3) is 0 Å². The zero-order valence-electron chi connectivity index (χ0n) is 15.8. The number of aliphatic hydroxyl groups excluding tert-OH is 1. The van der Waals surface area contributed by atoms with Crippen molar-refractivity contribution in [1.82, 2.24) is 4.90 Å². The molecular formula is C21H25NO4. The smallest absolute Gasteiger partial charge is 0.237 e. The van der Waals surface area contributed by atoms with Gasteiger partial charge in [-0.25, -0.2) is 0 Å². The van der Waals surface area contributed by atoms with E-state index in [1.165, 1.54) is 0 Å². The third kappa shape index (κ3) is 3.54. The lowest BCUT2D eigenvalue weighted by Gasteiger charge is -2.16. The van der Waals surface area contributed by atoms with E-state index in [-0.39, 0.29) is 6.61 Å². The van der Waals surface area contributed by atoms with Crippen molar-refractivity contribution >= 4 is 17.1 Å². The molecule has 0 bridgehead atoms. The predicted molar refractivity (Wildman–Crippen MR) is 102 cm³/mol. The van der Waals surface area contributed by atoms with Gasteiger partial charge in [0.1, 0.15) is 11.5 Å². The second kappa shape index (κ2) is 8.25. The maximum atomic E-state index is 12.7. The molecule has 5 heteroatoms. The fraction of sp³-hybridized carbons (Fsp3) is 0.333. The summed E-state index contributed by atoms with van der Waals surface area (Å²) in [5.41, 5.74) is 2.55. The van der Waals surface area contributed by atoms with Crippen molar-refractivity contribution in [2.75, 3.05) is 20.2 Å². The van der Waals surface area contributed by atoms with Gasteiger partial charge in [-0.05, 0) is 33.4 Å². The highest BCUT2D eigenvalue weighted by atomic mass is 16.3. The van der Waals surface area contributed by atoms with Gasteiger partial charge >= 0.3 is 0 Å². The number of rotatable bonds is 7. The van der Waals surface area contributed by atoms with Crippen LogP contribution in [0.5, 0.6) is 0 Å². The monoisotopic (exact) mass is 355 g/mol. The van der Waals surface area contributed by atoms with Crippen LogP contribution in [0.2, 0.25) is 0 Å². The van der Waals surface area contributed by atoms with Gasteiger partial charge in [-0.15, -0.1) is 0 Å². The van der Waals surface area contributed by atoms with Crippen LogP contribution in [0, 0.1) is 6.92 Å². The lowest BCUT2D eigenvalue weighted by atomic mass is 9.83. The van der Waals surface area contributed by atoms with Gasteiger partial charge in [0.05, 0.1) is 18.7 Å². The molecule has 2 rings (SSSR count). The van der Waals surface area contributed by atoms with Crippen molar-refractivity contribution in [2.45, 2.75) is 27.3 Å². The number of ketones is 2. The fourth-order valence-corrected chi connectivity index (χ4v) is 3.04. The number of hydrogen-bond donors (Lipinski definition) is 1. The Morgan fingerprint density at radius 2 is 2.00 bits per heavy atom. The number of furan rings is 1. The summed E-state index contributed by atoms with van der Waals surface area (Å²) in [6.07, 6.45) is 7.03. The van der Waals surface area contributed by atoms with E-state index in [0.717, 1.165) is 0 Å². The molecule has 0 radical (unpaired) electrons. The molecule has 1 N–H and O–H groups in total. The van der Waals surface area contributed by atoms with Gasteiger partial charge in [-0.1, -0.05) is 30.9 Å². The second-order valence-electron chi connectivity index (χ2n) is 6.34. The Morgan fingerprint density at radius 3 is 2.58 bits per heavy atom. The molecule has 0 aromatic carbocycles. The first-order chi connectivity index (χ1) is 12.4. The number of aliphatic hydroxyl groups is 1. The topological polar surface area (TPSA) is 70.8 Å². The molecule has 0 spiro atoms. The van der Waals surface area contributed by atoms with E-state index >= 15 is 0 Å². The molecule has 1 aromatic rings. The Morgan fingerprint density at radius 1 is 1.31 bits per heavy atom. The third-order valence-electron chi connectivity index (χ3n) is 4.45. The minimum atomic E-state index is -0.550. The van der Waals surface area contributed by atoms with Gasteiger partial charge in [0, 0.05) is 23.3 Å². The third-order valence-corrected chi connectivity index (χ3v) is 4.45. The summed E-state index contributed by atoms with van der Waals surface area (Å²) >= 11 is 0. The molecule has 26 heavy (non-hydrogen) atoms. The summed E-state index contributed by atoms with van der Waals surface area (Å²) in [7, 11) is 1.85. The molecule has 5 nitrogen and oxygen atoms in total. The maximum absolute atomic E-state index is 12.7. The van der Waals surface area contributed by atoms with E-state index < -0.39 is 11.6 Å². The van der Waals surface area contributed by atoms with Gasteiger partial charge in [0.2, 0.25) is 11.6 Å². The lowest BCUT2D eigenvalue weighted by molar-refractivity contribution is -0.111. The summed E-state index contributed by atoms with van der Waals surface area (Å²) in [5.74, 6) is -0.0727. The fourth-order valence-electron chi connectivity index (χ4n) is 3.04. The van der Waals surface area contributed by atoms with Crippen LogP contribution in [-0.4, -0.2) is 41.8 Å². The largest absolute Gasteiger partial charge is 0.459 e. The summed E-state index contributed by atoms with van der Waals surface area (Å²) in [6.45, 7) is 10.2. The molecule has 0 fully saturated rings. The molecule has 0 unspecified atom stereocenters. The highest BCUT2D eigenvalue weighted by Gasteiger charge is 2.37. The highest BCUT2D eigenvalue weighted by molar-refractivity contribution is 6.53. The Bertz CT molecular complexity index is 836. The van der Waals surface area contributed by atoms with Crippen LogP contribution in [0.15, 0.2) is 46.4 Å². The average molecular weight is 355 g/mol.